The number of nitrogens with one attached hydrogen (secondary N) is 1. The number of amides is 1. The summed E-state index contributed by atoms with van der Waals surface area (Å²) in [5.74, 6) is -1.01. The zero-order chi connectivity index (χ0) is 23.8. The molecule has 1 atom stereocenters. The maximum atomic E-state index is 13.1. The van der Waals surface area contributed by atoms with Crippen LogP contribution in [0, 0.1) is 0 Å². The highest BCUT2D eigenvalue weighted by Crippen LogP contribution is 2.38. The molecule has 0 radical (unpaired) electrons. The third-order valence-electron chi connectivity index (χ3n) is 4.56. The first-order valence-electron chi connectivity index (χ1n) is 9.55. The van der Waals surface area contributed by atoms with Crippen molar-refractivity contribution in [1.82, 2.24) is 9.88 Å². The van der Waals surface area contributed by atoms with Crippen LogP contribution in [0.5, 0.6) is 0 Å². The Hall–Kier alpha value is -2.95. The molecule has 0 unspecified atom stereocenters. The zero-order valence-electron chi connectivity index (χ0n) is 17.4. The smallest absolute Gasteiger partial charge is 0.416 e. The van der Waals surface area contributed by atoms with Gasteiger partial charge in [-0.1, -0.05) is 12.1 Å². The molecule has 1 aliphatic heterocycles. The quantitative estimate of drug-likeness (QED) is 0.692. The molecule has 2 heterocycles. The Morgan fingerprint density at radius 3 is 2.38 bits per heavy atom. The molecule has 2 aromatic rings. The number of fused-ring (bicyclic) bond motifs is 1. The number of alkyl halides is 3. The Kier molecular flexibility index (Phi) is 6.32. The van der Waals surface area contributed by atoms with E-state index in [1.165, 1.54) is 18.3 Å². The van der Waals surface area contributed by atoms with Crippen molar-refractivity contribution in [3.05, 3.63) is 63.1 Å². The SMILES string of the molecule is CC(C)(C)OC(=O)N[C@H]1CSc2c(C(=O)O)cn(Cc3ccc(C(F)(F)F)cc3)c(=O)c21. The molecule has 1 aromatic carbocycles. The highest BCUT2D eigenvalue weighted by atomic mass is 32.2. The number of halogens is 3. The number of aromatic carboxylic acids is 1. The average molecular weight is 470 g/mol. The number of pyridine rings is 1. The van der Waals surface area contributed by atoms with Crippen molar-refractivity contribution in [3.63, 3.8) is 0 Å². The van der Waals surface area contributed by atoms with E-state index >= 15 is 0 Å². The van der Waals surface area contributed by atoms with E-state index in [1.807, 2.05) is 0 Å². The van der Waals surface area contributed by atoms with Gasteiger partial charge in [-0.3, -0.25) is 4.79 Å². The summed E-state index contributed by atoms with van der Waals surface area (Å²) >= 11 is 1.14. The maximum absolute atomic E-state index is 13.1. The lowest BCUT2D eigenvalue weighted by molar-refractivity contribution is -0.137. The highest BCUT2D eigenvalue weighted by molar-refractivity contribution is 7.99. The number of carboxylic acids is 1. The summed E-state index contributed by atoms with van der Waals surface area (Å²) in [6.07, 6.45) is -4.06. The number of ether oxygens (including phenoxy) is 1. The molecule has 2 N–H and O–H groups in total. The number of hydrogen-bond donors (Lipinski definition) is 2. The maximum Gasteiger partial charge on any atom is 0.416 e. The predicted molar refractivity (Wildman–Crippen MR) is 111 cm³/mol. The van der Waals surface area contributed by atoms with Crippen LogP contribution >= 0.6 is 11.8 Å². The first-order valence-corrected chi connectivity index (χ1v) is 10.5. The van der Waals surface area contributed by atoms with E-state index in [9.17, 15) is 32.7 Å². The molecule has 0 spiro atoms. The first-order chi connectivity index (χ1) is 14.8. The highest BCUT2D eigenvalue weighted by Gasteiger charge is 2.34. The fourth-order valence-corrected chi connectivity index (χ4v) is 4.48. The van der Waals surface area contributed by atoms with Crippen molar-refractivity contribution in [2.75, 3.05) is 5.75 Å². The van der Waals surface area contributed by atoms with Gasteiger partial charge in [0.05, 0.1) is 29.3 Å². The second kappa shape index (κ2) is 8.53. The lowest BCUT2D eigenvalue weighted by Crippen LogP contribution is -2.38. The van der Waals surface area contributed by atoms with Gasteiger partial charge in [-0.25, -0.2) is 9.59 Å². The zero-order valence-corrected chi connectivity index (χ0v) is 18.3. The Morgan fingerprint density at radius 1 is 1.22 bits per heavy atom. The van der Waals surface area contributed by atoms with Gasteiger partial charge in [0, 0.05) is 16.8 Å². The summed E-state index contributed by atoms with van der Waals surface area (Å²) in [4.78, 5) is 37.4. The minimum absolute atomic E-state index is 0.118. The molecule has 1 aromatic heterocycles. The number of carbonyl (C=O) groups is 2. The van der Waals surface area contributed by atoms with Gasteiger partial charge in [0.2, 0.25) is 0 Å². The van der Waals surface area contributed by atoms with E-state index in [0.29, 0.717) is 5.56 Å². The number of aromatic nitrogens is 1. The Labute approximate surface area is 185 Å². The van der Waals surface area contributed by atoms with Crippen LogP contribution in [-0.4, -0.2) is 33.1 Å². The summed E-state index contributed by atoms with van der Waals surface area (Å²) in [6, 6.07) is 3.49. The first kappa shape index (κ1) is 23.7. The second-order valence-electron chi connectivity index (χ2n) is 8.23. The van der Waals surface area contributed by atoms with Crippen molar-refractivity contribution in [1.29, 1.82) is 0 Å². The Morgan fingerprint density at radius 2 is 1.84 bits per heavy atom. The number of alkyl carbamates (subject to hydrolysis) is 1. The molecule has 1 aliphatic rings. The van der Waals surface area contributed by atoms with Crippen LogP contribution in [0.1, 0.15) is 53.9 Å². The van der Waals surface area contributed by atoms with Gasteiger partial charge in [-0.05, 0) is 38.5 Å². The summed E-state index contributed by atoms with van der Waals surface area (Å²) in [7, 11) is 0. The minimum atomic E-state index is -4.49. The van der Waals surface area contributed by atoms with E-state index in [-0.39, 0.29) is 28.3 Å². The Balaban J connectivity index is 1.96. The van der Waals surface area contributed by atoms with Crippen LogP contribution in [0.3, 0.4) is 0 Å². The molecule has 11 heteroatoms. The summed E-state index contributed by atoms with van der Waals surface area (Å²) in [6.45, 7) is 4.92. The number of rotatable bonds is 4. The summed E-state index contributed by atoms with van der Waals surface area (Å²) in [5, 5.41) is 12.2. The van der Waals surface area contributed by atoms with Crippen molar-refractivity contribution < 1.29 is 32.6 Å². The Bertz CT molecular complexity index is 1100. The normalized spacial score (nSPS) is 15.9. The van der Waals surface area contributed by atoms with Gasteiger partial charge in [-0.2, -0.15) is 13.2 Å². The van der Waals surface area contributed by atoms with E-state index in [2.05, 4.69) is 5.32 Å². The number of hydrogen-bond acceptors (Lipinski definition) is 5. The predicted octanol–water partition coefficient (Wildman–Crippen LogP) is 4.29. The van der Waals surface area contributed by atoms with Crippen molar-refractivity contribution in [2.45, 2.75) is 50.0 Å². The third kappa shape index (κ3) is 5.26. The number of carboxylic acid groups (broad SMARTS) is 1. The van der Waals surface area contributed by atoms with Crippen LogP contribution < -0.4 is 10.9 Å². The van der Waals surface area contributed by atoms with Gasteiger partial charge in [0.1, 0.15) is 5.60 Å². The van der Waals surface area contributed by atoms with E-state index in [0.717, 1.165) is 28.5 Å². The third-order valence-corrected chi connectivity index (χ3v) is 5.79. The molecule has 0 bridgehead atoms. The number of thioether (sulfide) groups is 1. The largest absolute Gasteiger partial charge is 0.478 e. The molecular weight excluding hydrogens is 449 g/mol. The van der Waals surface area contributed by atoms with Crippen LogP contribution in [0.2, 0.25) is 0 Å². The van der Waals surface area contributed by atoms with Crippen LogP contribution in [0.15, 0.2) is 40.2 Å². The molecule has 172 valence electrons. The van der Waals surface area contributed by atoms with Crippen LogP contribution in [0.4, 0.5) is 18.0 Å². The molecule has 7 nitrogen and oxygen atoms in total. The fraction of sp³-hybridized carbons (Fsp3) is 0.381. The van der Waals surface area contributed by atoms with E-state index in [4.69, 9.17) is 4.74 Å². The minimum Gasteiger partial charge on any atom is -0.478 e. The van der Waals surface area contributed by atoms with Gasteiger partial charge in [0.15, 0.2) is 0 Å². The average Bonchev–Trinajstić information content (AvgIpc) is 3.05. The van der Waals surface area contributed by atoms with Crippen LogP contribution in [-0.2, 0) is 17.5 Å². The van der Waals surface area contributed by atoms with Gasteiger partial charge in [0.25, 0.3) is 5.56 Å². The van der Waals surface area contributed by atoms with Crippen LogP contribution in [0.25, 0.3) is 0 Å². The molecule has 0 fully saturated rings. The molecule has 3 rings (SSSR count). The van der Waals surface area contributed by atoms with E-state index < -0.39 is 41.0 Å². The van der Waals surface area contributed by atoms with Gasteiger partial charge < -0.3 is 19.7 Å². The number of benzene rings is 1. The lowest BCUT2D eigenvalue weighted by atomic mass is 10.1. The lowest BCUT2D eigenvalue weighted by Gasteiger charge is -2.22. The summed E-state index contributed by atoms with van der Waals surface area (Å²) < 4.78 is 44.7. The molecule has 0 saturated carbocycles. The molecule has 32 heavy (non-hydrogen) atoms. The molecule has 1 amide bonds. The monoisotopic (exact) mass is 470 g/mol. The standard InChI is InChI=1S/C21H21F3N2O5S/c1-20(2,3)31-19(30)25-14-10-32-16-13(18(28)29)9-26(17(27)15(14)16)8-11-4-6-12(7-5-11)21(22,23)24/h4-7,9,14H,8,10H2,1-3H3,(H,25,30)(H,28,29)/t14-/m0/s1. The topological polar surface area (TPSA) is 97.6 Å². The molecular formula is C21H21F3N2O5S. The molecule has 0 saturated heterocycles. The van der Waals surface area contributed by atoms with Crippen molar-refractivity contribution in [3.8, 4) is 0 Å². The molecule has 0 aliphatic carbocycles. The number of carbonyl (C=O) groups excluding carboxylic acids is 1. The summed E-state index contributed by atoms with van der Waals surface area (Å²) in [5.41, 5.74) is -1.73. The second-order valence-corrected chi connectivity index (χ2v) is 9.26. The van der Waals surface area contributed by atoms with Crippen molar-refractivity contribution >= 4 is 23.8 Å². The van der Waals surface area contributed by atoms with Gasteiger partial charge >= 0.3 is 18.2 Å². The van der Waals surface area contributed by atoms with Gasteiger partial charge in [-0.15, -0.1) is 11.8 Å². The van der Waals surface area contributed by atoms with Crippen molar-refractivity contribution in [2.24, 2.45) is 0 Å². The van der Waals surface area contributed by atoms with E-state index in [1.54, 1.807) is 20.8 Å². The fourth-order valence-electron chi connectivity index (χ4n) is 3.21. The number of nitrogens with zero attached hydrogens (tertiary/aromatic N) is 1.